The first-order valence-electron chi connectivity index (χ1n) is 7.91. The maximum Gasteiger partial charge on any atom is 0.245 e. The summed E-state index contributed by atoms with van der Waals surface area (Å²) in [5.74, 6) is 0.0989. The van der Waals surface area contributed by atoms with Gasteiger partial charge < -0.3 is 20.7 Å². The van der Waals surface area contributed by atoms with Crippen LogP contribution in [0.25, 0.3) is 0 Å². The molecule has 0 aliphatic carbocycles. The summed E-state index contributed by atoms with van der Waals surface area (Å²) in [7, 11) is 3.82. The Kier molecular flexibility index (Phi) is 3.49. The Balaban J connectivity index is 2.10. The zero-order valence-electron chi connectivity index (χ0n) is 14.1. The van der Waals surface area contributed by atoms with Crippen LogP contribution in [0.4, 0.5) is 11.4 Å². The number of hydrogen-bond acceptors (Lipinski definition) is 5. The minimum atomic E-state index is -1.32. The molecule has 2 heterocycles. The summed E-state index contributed by atoms with van der Waals surface area (Å²) in [5, 5.41) is 12.7. The van der Waals surface area contributed by atoms with Gasteiger partial charge in [-0.25, -0.2) is 0 Å². The van der Waals surface area contributed by atoms with Gasteiger partial charge in [0.2, 0.25) is 11.8 Å². The lowest BCUT2D eigenvalue weighted by atomic mass is 9.69. The molecule has 6 nitrogen and oxygen atoms in total. The first kappa shape index (κ1) is 16.5. The Labute approximate surface area is 159 Å². The SMILES string of the molecule is CN(C)c1ccc2c(c1)OC(N)=C(C#N)[C@]21C(=O)Nc2ccc(Br)cc21. The summed E-state index contributed by atoms with van der Waals surface area (Å²) >= 11 is 3.46. The third-order valence-corrected chi connectivity index (χ3v) is 5.31. The zero-order valence-corrected chi connectivity index (χ0v) is 15.7. The average molecular weight is 411 g/mol. The van der Waals surface area contributed by atoms with E-state index in [9.17, 15) is 10.1 Å². The third-order valence-electron chi connectivity index (χ3n) is 4.81. The van der Waals surface area contributed by atoms with Gasteiger partial charge in [0.15, 0.2) is 0 Å². The van der Waals surface area contributed by atoms with Crippen molar-refractivity contribution in [1.29, 1.82) is 5.26 Å². The minimum absolute atomic E-state index is 0.0566. The predicted octanol–water partition coefficient (Wildman–Crippen LogP) is 2.84. The van der Waals surface area contributed by atoms with Gasteiger partial charge in [-0.15, -0.1) is 0 Å². The van der Waals surface area contributed by atoms with E-state index in [0.29, 0.717) is 22.6 Å². The van der Waals surface area contributed by atoms with Gasteiger partial charge in [0.05, 0.1) is 0 Å². The highest BCUT2D eigenvalue weighted by Gasteiger charge is 2.56. The molecule has 0 saturated heterocycles. The van der Waals surface area contributed by atoms with Crippen molar-refractivity contribution in [3.63, 3.8) is 0 Å². The molecule has 1 atom stereocenters. The maximum atomic E-state index is 13.2. The number of anilines is 2. The maximum absolute atomic E-state index is 13.2. The minimum Gasteiger partial charge on any atom is -0.440 e. The molecule has 3 N–H and O–H groups in total. The van der Waals surface area contributed by atoms with Crippen molar-refractivity contribution >= 4 is 33.2 Å². The lowest BCUT2D eigenvalue weighted by Crippen LogP contribution is -2.42. The molecule has 0 aromatic heterocycles. The van der Waals surface area contributed by atoms with Crippen LogP contribution >= 0.6 is 15.9 Å². The molecule has 26 heavy (non-hydrogen) atoms. The second-order valence-corrected chi connectivity index (χ2v) is 7.34. The number of nitrogens with one attached hydrogen (secondary N) is 1. The standard InChI is InChI=1S/C19H15BrN4O2/c1-24(2)11-4-5-12-16(8-11)26-17(22)14(9-21)19(12)13-7-10(20)3-6-15(13)23-18(19)25/h3-8H,22H2,1-2H3,(H,23,25)/t19-/m0/s1. The van der Waals surface area contributed by atoms with Crippen LogP contribution in [0.5, 0.6) is 5.75 Å². The quantitative estimate of drug-likeness (QED) is 0.753. The number of carbonyl (C=O) groups is 1. The normalized spacial score (nSPS) is 20.2. The van der Waals surface area contributed by atoms with Gasteiger partial charge in [0.1, 0.15) is 22.8 Å². The number of ether oxygens (including phenoxy) is 1. The Morgan fingerprint density at radius 3 is 2.69 bits per heavy atom. The monoisotopic (exact) mass is 410 g/mol. The fraction of sp³-hybridized carbons (Fsp3) is 0.158. The summed E-state index contributed by atoms with van der Waals surface area (Å²) in [6.07, 6.45) is 0. The molecule has 4 rings (SSSR count). The molecule has 7 heteroatoms. The van der Waals surface area contributed by atoms with Crippen LogP contribution in [0.1, 0.15) is 11.1 Å². The predicted molar refractivity (Wildman–Crippen MR) is 102 cm³/mol. The van der Waals surface area contributed by atoms with Crippen LogP contribution in [0.3, 0.4) is 0 Å². The number of nitrogens with two attached hydrogens (primary N) is 1. The number of fused-ring (bicyclic) bond motifs is 4. The summed E-state index contributed by atoms with van der Waals surface area (Å²) in [4.78, 5) is 15.1. The Morgan fingerprint density at radius 1 is 1.23 bits per heavy atom. The fourth-order valence-electron chi connectivity index (χ4n) is 3.60. The zero-order chi connectivity index (χ0) is 18.6. The average Bonchev–Trinajstić information content (AvgIpc) is 2.87. The Morgan fingerprint density at radius 2 is 2.00 bits per heavy atom. The van der Waals surface area contributed by atoms with Gasteiger partial charge in [-0.1, -0.05) is 22.0 Å². The fourth-order valence-corrected chi connectivity index (χ4v) is 3.96. The van der Waals surface area contributed by atoms with E-state index in [1.54, 1.807) is 6.07 Å². The molecule has 0 radical (unpaired) electrons. The second kappa shape index (κ2) is 5.51. The van der Waals surface area contributed by atoms with Gasteiger partial charge >= 0.3 is 0 Å². The molecular formula is C19H15BrN4O2. The smallest absolute Gasteiger partial charge is 0.245 e. The topological polar surface area (TPSA) is 91.4 Å². The molecule has 2 aromatic rings. The lowest BCUT2D eigenvalue weighted by Gasteiger charge is -2.34. The summed E-state index contributed by atoms with van der Waals surface area (Å²) in [5.41, 5.74) is 7.68. The van der Waals surface area contributed by atoms with Crippen LogP contribution in [-0.4, -0.2) is 20.0 Å². The molecule has 2 aromatic carbocycles. The molecule has 1 spiro atoms. The van der Waals surface area contributed by atoms with Crippen molar-refractivity contribution in [3.05, 3.63) is 63.5 Å². The number of rotatable bonds is 1. The van der Waals surface area contributed by atoms with Gasteiger partial charge in [-0.2, -0.15) is 5.26 Å². The van der Waals surface area contributed by atoms with Crippen molar-refractivity contribution in [2.45, 2.75) is 5.41 Å². The highest BCUT2D eigenvalue weighted by atomic mass is 79.9. The van der Waals surface area contributed by atoms with Crippen LogP contribution < -0.4 is 20.7 Å². The van der Waals surface area contributed by atoms with Crippen molar-refractivity contribution in [3.8, 4) is 11.8 Å². The van der Waals surface area contributed by atoms with Crippen molar-refractivity contribution in [1.82, 2.24) is 0 Å². The van der Waals surface area contributed by atoms with Gasteiger partial charge in [-0.05, 0) is 24.3 Å². The number of hydrogen-bond donors (Lipinski definition) is 2. The van der Waals surface area contributed by atoms with Crippen LogP contribution in [0.15, 0.2) is 52.3 Å². The van der Waals surface area contributed by atoms with Crippen molar-refractivity contribution in [2.75, 3.05) is 24.3 Å². The molecule has 0 fully saturated rings. The summed E-state index contributed by atoms with van der Waals surface area (Å²) < 4.78 is 6.53. The van der Waals surface area contributed by atoms with E-state index in [4.69, 9.17) is 10.5 Å². The molecule has 1 amide bonds. The molecular weight excluding hydrogens is 396 g/mol. The first-order valence-corrected chi connectivity index (χ1v) is 8.70. The first-order chi connectivity index (χ1) is 12.4. The highest BCUT2D eigenvalue weighted by molar-refractivity contribution is 9.10. The number of nitrogens with zero attached hydrogens (tertiary/aromatic N) is 2. The summed E-state index contributed by atoms with van der Waals surface area (Å²) in [6, 6.07) is 13.1. The van der Waals surface area contributed by atoms with E-state index >= 15 is 0 Å². The van der Waals surface area contributed by atoms with Crippen molar-refractivity contribution in [2.24, 2.45) is 5.73 Å². The molecule has 2 aliphatic rings. The van der Waals surface area contributed by atoms with E-state index in [1.165, 1.54) is 0 Å². The number of halogens is 1. The third kappa shape index (κ3) is 1.99. The molecule has 0 saturated carbocycles. The van der Waals surface area contributed by atoms with E-state index in [-0.39, 0.29) is 17.4 Å². The van der Waals surface area contributed by atoms with Gasteiger partial charge in [0.25, 0.3) is 0 Å². The number of carbonyl (C=O) groups excluding carboxylic acids is 1. The van der Waals surface area contributed by atoms with E-state index in [2.05, 4.69) is 27.3 Å². The Hall–Kier alpha value is -2.98. The molecule has 130 valence electrons. The summed E-state index contributed by atoms with van der Waals surface area (Å²) in [6.45, 7) is 0. The van der Waals surface area contributed by atoms with Crippen LogP contribution in [0.2, 0.25) is 0 Å². The van der Waals surface area contributed by atoms with Crippen LogP contribution in [0, 0.1) is 11.3 Å². The van der Waals surface area contributed by atoms with Gasteiger partial charge in [-0.3, -0.25) is 4.79 Å². The highest BCUT2D eigenvalue weighted by Crippen LogP contribution is 2.54. The lowest BCUT2D eigenvalue weighted by molar-refractivity contribution is -0.118. The van der Waals surface area contributed by atoms with Crippen molar-refractivity contribution < 1.29 is 9.53 Å². The van der Waals surface area contributed by atoms with Crippen LogP contribution in [-0.2, 0) is 10.2 Å². The molecule has 2 aliphatic heterocycles. The second-order valence-electron chi connectivity index (χ2n) is 6.42. The van der Waals surface area contributed by atoms with E-state index in [1.807, 2.05) is 49.3 Å². The number of nitriles is 1. The molecule has 0 bridgehead atoms. The Bertz CT molecular complexity index is 1040. The molecule has 0 unspecified atom stereocenters. The van der Waals surface area contributed by atoms with E-state index < -0.39 is 5.41 Å². The number of benzene rings is 2. The largest absolute Gasteiger partial charge is 0.440 e. The van der Waals surface area contributed by atoms with E-state index in [0.717, 1.165) is 10.2 Å². The van der Waals surface area contributed by atoms with Gasteiger partial charge in [0, 0.05) is 47.1 Å². The number of amides is 1.